The van der Waals surface area contributed by atoms with Crippen LogP contribution in [0.5, 0.6) is 5.75 Å². The van der Waals surface area contributed by atoms with Crippen LogP contribution in [0.25, 0.3) is 0 Å². The lowest BCUT2D eigenvalue weighted by Gasteiger charge is -2.08. The van der Waals surface area contributed by atoms with E-state index in [1.807, 2.05) is 6.07 Å². The number of pyridine rings is 1. The summed E-state index contributed by atoms with van der Waals surface area (Å²) in [6.45, 7) is 0.312. The number of rotatable bonds is 3. The molecule has 2 rings (SSSR count). The van der Waals surface area contributed by atoms with Gasteiger partial charge in [-0.05, 0) is 34.1 Å². The highest BCUT2D eigenvalue weighted by Crippen LogP contribution is 2.26. The average Bonchev–Trinajstić information content (AvgIpc) is 2.32. The van der Waals surface area contributed by atoms with E-state index < -0.39 is 0 Å². The van der Waals surface area contributed by atoms with E-state index in [1.165, 1.54) is 12.1 Å². The zero-order valence-electron chi connectivity index (χ0n) is 8.66. The minimum atomic E-state index is -0.336. The fourth-order valence-corrected chi connectivity index (χ4v) is 1.71. The molecule has 88 valence electrons. The Morgan fingerprint density at radius 2 is 2.12 bits per heavy atom. The zero-order valence-corrected chi connectivity index (χ0v) is 11.0. The second-order valence-electron chi connectivity index (χ2n) is 3.35. The minimum Gasteiger partial charge on any atom is -0.488 e. The van der Waals surface area contributed by atoms with Gasteiger partial charge in [0.25, 0.3) is 0 Å². The first kappa shape index (κ1) is 12.3. The molecule has 0 spiro atoms. The third-order valence-corrected chi connectivity index (χ3v) is 2.95. The quantitative estimate of drug-likeness (QED) is 0.791. The monoisotopic (exact) mass is 315 g/mol. The highest BCUT2D eigenvalue weighted by molar-refractivity contribution is 9.10. The van der Waals surface area contributed by atoms with E-state index in [9.17, 15) is 4.39 Å². The molecule has 17 heavy (non-hydrogen) atoms. The zero-order chi connectivity index (χ0) is 12.3. The normalized spacial score (nSPS) is 10.3. The maximum atomic E-state index is 13.0. The fourth-order valence-electron chi connectivity index (χ4n) is 1.24. The molecule has 0 bridgehead atoms. The van der Waals surface area contributed by atoms with Crippen molar-refractivity contribution >= 4 is 27.5 Å². The van der Waals surface area contributed by atoms with Crippen LogP contribution in [0.2, 0.25) is 5.15 Å². The molecule has 1 aromatic heterocycles. The first-order valence-corrected chi connectivity index (χ1v) is 6.00. The molecular weight excluding hydrogens is 308 g/mol. The molecule has 5 heteroatoms. The van der Waals surface area contributed by atoms with Crippen LogP contribution in [0.1, 0.15) is 5.56 Å². The van der Waals surface area contributed by atoms with E-state index in [1.54, 1.807) is 18.3 Å². The molecule has 0 radical (unpaired) electrons. The van der Waals surface area contributed by atoms with E-state index in [0.29, 0.717) is 22.0 Å². The Labute approximate surface area is 112 Å². The topological polar surface area (TPSA) is 22.1 Å². The Kier molecular flexibility index (Phi) is 3.97. The Hall–Kier alpha value is -1.13. The summed E-state index contributed by atoms with van der Waals surface area (Å²) >= 11 is 8.95. The van der Waals surface area contributed by atoms with Gasteiger partial charge >= 0.3 is 0 Å². The van der Waals surface area contributed by atoms with Crippen LogP contribution in [0.4, 0.5) is 4.39 Å². The number of nitrogens with zero attached hydrogens (tertiary/aromatic N) is 1. The van der Waals surface area contributed by atoms with Crippen molar-refractivity contribution in [3.63, 3.8) is 0 Å². The molecular formula is C12H8BrClFNO. The smallest absolute Gasteiger partial charge is 0.136 e. The van der Waals surface area contributed by atoms with E-state index >= 15 is 0 Å². The van der Waals surface area contributed by atoms with Crippen molar-refractivity contribution in [3.8, 4) is 5.75 Å². The van der Waals surface area contributed by atoms with Gasteiger partial charge in [0.1, 0.15) is 23.3 Å². The van der Waals surface area contributed by atoms with Gasteiger partial charge < -0.3 is 4.74 Å². The standard InChI is InChI=1S/C12H8BrClFNO/c13-10-3-2-9(15)5-11(10)17-7-8-1-4-12(14)16-6-8/h1-6H,7H2. The Morgan fingerprint density at radius 1 is 1.29 bits per heavy atom. The summed E-state index contributed by atoms with van der Waals surface area (Å²) in [6, 6.07) is 7.78. The second kappa shape index (κ2) is 5.47. The summed E-state index contributed by atoms with van der Waals surface area (Å²) in [5.41, 5.74) is 0.866. The van der Waals surface area contributed by atoms with Crippen molar-refractivity contribution in [2.45, 2.75) is 6.61 Å². The van der Waals surface area contributed by atoms with Crippen molar-refractivity contribution in [2.75, 3.05) is 0 Å². The van der Waals surface area contributed by atoms with Crippen molar-refractivity contribution < 1.29 is 9.13 Å². The number of ether oxygens (including phenoxy) is 1. The molecule has 0 saturated carbocycles. The van der Waals surface area contributed by atoms with Crippen molar-refractivity contribution in [1.82, 2.24) is 4.98 Å². The van der Waals surface area contributed by atoms with Crippen LogP contribution in [0.3, 0.4) is 0 Å². The van der Waals surface area contributed by atoms with Crippen LogP contribution in [0.15, 0.2) is 41.0 Å². The van der Waals surface area contributed by atoms with Crippen LogP contribution < -0.4 is 4.74 Å². The van der Waals surface area contributed by atoms with E-state index in [0.717, 1.165) is 5.56 Å². The van der Waals surface area contributed by atoms with Gasteiger partial charge in [0, 0.05) is 17.8 Å². The molecule has 1 aromatic carbocycles. The third-order valence-electron chi connectivity index (χ3n) is 2.08. The molecule has 0 unspecified atom stereocenters. The van der Waals surface area contributed by atoms with Crippen LogP contribution >= 0.6 is 27.5 Å². The van der Waals surface area contributed by atoms with E-state index in [-0.39, 0.29) is 5.82 Å². The number of halogens is 3. The minimum absolute atomic E-state index is 0.312. The summed E-state index contributed by atoms with van der Waals surface area (Å²) in [5.74, 6) is 0.123. The first-order chi connectivity index (χ1) is 8.15. The van der Waals surface area contributed by atoms with Gasteiger partial charge in [-0.1, -0.05) is 17.7 Å². The molecule has 1 heterocycles. The van der Waals surface area contributed by atoms with Crippen LogP contribution in [0, 0.1) is 5.82 Å². The Bertz CT molecular complexity index is 518. The lowest BCUT2D eigenvalue weighted by Crippen LogP contribution is -1.97. The van der Waals surface area contributed by atoms with Crippen molar-refractivity contribution in [1.29, 1.82) is 0 Å². The SMILES string of the molecule is Fc1ccc(Br)c(OCc2ccc(Cl)nc2)c1. The molecule has 0 atom stereocenters. The first-order valence-electron chi connectivity index (χ1n) is 4.83. The lowest BCUT2D eigenvalue weighted by molar-refractivity contribution is 0.302. The summed E-state index contributed by atoms with van der Waals surface area (Å²) in [5, 5.41) is 0.431. The molecule has 0 aliphatic rings. The number of hydrogen-bond donors (Lipinski definition) is 0. The molecule has 0 aliphatic carbocycles. The summed E-state index contributed by atoms with van der Waals surface area (Å²) in [6.07, 6.45) is 1.62. The molecule has 2 nitrogen and oxygen atoms in total. The highest BCUT2D eigenvalue weighted by Gasteiger charge is 2.03. The Balaban J connectivity index is 2.07. The fraction of sp³-hybridized carbons (Fsp3) is 0.0833. The number of benzene rings is 1. The van der Waals surface area contributed by atoms with Crippen LogP contribution in [-0.4, -0.2) is 4.98 Å². The number of aromatic nitrogens is 1. The van der Waals surface area contributed by atoms with E-state index in [2.05, 4.69) is 20.9 Å². The third kappa shape index (κ3) is 3.41. The largest absolute Gasteiger partial charge is 0.488 e. The van der Waals surface area contributed by atoms with Gasteiger partial charge in [0.05, 0.1) is 4.47 Å². The van der Waals surface area contributed by atoms with Gasteiger partial charge in [-0.3, -0.25) is 0 Å². The summed E-state index contributed by atoms with van der Waals surface area (Å²) < 4.78 is 19.2. The van der Waals surface area contributed by atoms with Crippen molar-refractivity contribution in [3.05, 3.63) is 57.5 Å². The second-order valence-corrected chi connectivity index (χ2v) is 4.59. The number of hydrogen-bond acceptors (Lipinski definition) is 2. The Morgan fingerprint density at radius 3 is 2.82 bits per heavy atom. The maximum absolute atomic E-state index is 13.0. The molecule has 0 amide bonds. The summed E-state index contributed by atoms with van der Waals surface area (Å²) in [7, 11) is 0. The van der Waals surface area contributed by atoms with Gasteiger partial charge in [0.15, 0.2) is 0 Å². The van der Waals surface area contributed by atoms with E-state index in [4.69, 9.17) is 16.3 Å². The average molecular weight is 317 g/mol. The molecule has 0 N–H and O–H groups in total. The van der Waals surface area contributed by atoms with Gasteiger partial charge in [0.2, 0.25) is 0 Å². The summed E-state index contributed by atoms with van der Waals surface area (Å²) in [4.78, 5) is 3.93. The van der Waals surface area contributed by atoms with Crippen molar-refractivity contribution in [2.24, 2.45) is 0 Å². The maximum Gasteiger partial charge on any atom is 0.136 e. The van der Waals surface area contributed by atoms with Gasteiger partial charge in [-0.25, -0.2) is 9.37 Å². The predicted octanol–water partition coefficient (Wildman–Crippen LogP) is 4.22. The predicted molar refractivity (Wildman–Crippen MR) is 67.7 cm³/mol. The van der Waals surface area contributed by atoms with Gasteiger partial charge in [-0.2, -0.15) is 0 Å². The lowest BCUT2D eigenvalue weighted by atomic mass is 10.3. The molecule has 0 aliphatic heterocycles. The van der Waals surface area contributed by atoms with Gasteiger partial charge in [-0.15, -0.1) is 0 Å². The molecule has 0 fully saturated rings. The highest BCUT2D eigenvalue weighted by atomic mass is 79.9. The molecule has 0 saturated heterocycles. The molecule has 2 aromatic rings. The van der Waals surface area contributed by atoms with Crippen LogP contribution in [-0.2, 0) is 6.61 Å².